The fraction of sp³-hybridized carbons (Fsp3) is 0.455. The molecule has 0 saturated heterocycles. The van der Waals surface area contributed by atoms with Gasteiger partial charge in [-0.3, -0.25) is 0 Å². The normalized spacial score (nSPS) is 10.5. The van der Waals surface area contributed by atoms with Crippen LogP contribution in [0.2, 0.25) is 0 Å². The third-order valence-corrected chi connectivity index (χ3v) is 2.91. The Morgan fingerprint density at radius 1 is 1.23 bits per heavy atom. The first-order valence-corrected chi connectivity index (χ1v) is 5.63. The van der Waals surface area contributed by atoms with E-state index in [-0.39, 0.29) is 0 Å². The molecule has 0 aromatic heterocycles. The van der Waals surface area contributed by atoms with Gasteiger partial charge in [-0.15, -0.1) is 0 Å². The molecule has 0 radical (unpaired) electrons. The van der Waals surface area contributed by atoms with Crippen LogP contribution >= 0.6 is 22.6 Å². The highest BCUT2D eigenvalue weighted by Gasteiger charge is 2.02. The highest BCUT2D eigenvalue weighted by atomic mass is 127. The molecular formula is C11H16IN. The molecule has 1 nitrogen and oxygen atoms in total. The third-order valence-electron chi connectivity index (χ3n) is 2.29. The maximum atomic E-state index is 3.18. The Morgan fingerprint density at radius 2 is 1.77 bits per heavy atom. The molecule has 1 aromatic rings. The molecule has 0 aliphatic heterocycles. The highest BCUT2D eigenvalue weighted by Crippen LogP contribution is 2.18. The van der Waals surface area contributed by atoms with Gasteiger partial charge in [0.25, 0.3) is 0 Å². The Balaban J connectivity index is 2.92. The highest BCUT2D eigenvalue weighted by molar-refractivity contribution is 14.1. The van der Waals surface area contributed by atoms with Crippen LogP contribution in [0.4, 0.5) is 0 Å². The topological polar surface area (TPSA) is 12.0 Å². The van der Waals surface area contributed by atoms with Crippen molar-refractivity contribution < 1.29 is 0 Å². The minimum Gasteiger partial charge on any atom is -0.319 e. The molecule has 0 saturated carbocycles. The van der Waals surface area contributed by atoms with Crippen molar-refractivity contribution in [1.82, 2.24) is 5.32 Å². The van der Waals surface area contributed by atoms with Gasteiger partial charge >= 0.3 is 0 Å². The van der Waals surface area contributed by atoms with Crippen molar-refractivity contribution in [2.75, 3.05) is 13.6 Å². The van der Waals surface area contributed by atoms with Gasteiger partial charge < -0.3 is 5.32 Å². The SMILES string of the molecule is CNCCc1c(C)cc(I)cc1C. The molecule has 13 heavy (non-hydrogen) atoms. The summed E-state index contributed by atoms with van der Waals surface area (Å²) in [6, 6.07) is 4.50. The Kier molecular flexibility index (Phi) is 4.19. The van der Waals surface area contributed by atoms with Gasteiger partial charge in [0.1, 0.15) is 0 Å². The van der Waals surface area contributed by atoms with Crippen molar-refractivity contribution >= 4 is 22.6 Å². The number of benzene rings is 1. The molecule has 2 heteroatoms. The zero-order valence-electron chi connectivity index (χ0n) is 8.45. The Labute approximate surface area is 94.1 Å². The van der Waals surface area contributed by atoms with Crippen molar-refractivity contribution in [3.05, 3.63) is 32.4 Å². The summed E-state index contributed by atoms with van der Waals surface area (Å²) in [5, 5.41) is 3.18. The molecular weight excluding hydrogens is 273 g/mol. The Bertz CT molecular complexity index is 271. The standard InChI is InChI=1S/C11H16IN/c1-8-6-10(12)7-9(2)11(8)4-5-13-3/h6-7,13H,4-5H2,1-3H3. The fourth-order valence-corrected chi connectivity index (χ4v) is 2.52. The van der Waals surface area contributed by atoms with Gasteiger partial charge in [-0.2, -0.15) is 0 Å². The van der Waals surface area contributed by atoms with Gasteiger partial charge in [0.05, 0.1) is 0 Å². The number of hydrogen-bond donors (Lipinski definition) is 1. The van der Waals surface area contributed by atoms with Crippen molar-refractivity contribution in [2.45, 2.75) is 20.3 Å². The number of nitrogens with one attached hydrogen (secondary N) is 1. The lowest BCUT2D eigenvalue weighted by molar-refractivity contribution is 0.785. The van der Waals surface area contributed by atoms with E-state index in [0.29, 0.717) is 0 Å². The summed E-state index contributed by atoms with van der Waals surface area (Å²) in [5.41, 5.74) is 4.33. The van der Waals surface area contributed by atoms with Crippen molar-refractivity contribution in [3.63, 3.8) is 0 Å². The van der Waals surface area contributed by atoms with Crippen LogP contribution in [0, 0.1) is 17.4 Å². The van der Waals surface area contributed by atoms with E-state index in [2.05, 4.69) is 53.9 Å². The van der Waals surface area contributed by atoms with Crippen LogP contribution < -0.4 is 5.32 Å². The molecule has 1 rings (SSSR count). The molecule has 0 fully saturated rings. The third kappa shape index (κ3) is 2.95. The van der Waals surface area contributed by atoms with Gasteiger partial charge in [0.15, 0.2) is 0 Å². The summed E-state index contributed by atoms with van der Waals surface area (Å²) in [6.45, 7) is 5.45. The van der Waals surface area contributed by atoms with Gasteiger partial charge in [0, 0.05) is 3.57 Å². The van der Waals surface area contributed by atoms with Crippen molar-refractivity contribution in [3.8, 4) is 0 Å². The lowest BCUT2D eigenvalue weighted by atomic mass is 10.0. The van der Waals surface area contributed by atoms with Crippen LogP contribution in [-0.2, 0) is 6.42 Å². The largest absolute Gasteiger partial charge is 0.319 e. The molecule has 1 aromatic carbocycles. The second-order valence-electron chi connectivity index (χ2n) is 3.37. The van der Waals surface area contributed by atoms with Crippen LogP contribution in [0.1, 0.15) is 16.7 Å². The first kappa shape index (κ1) is 11.0. The predicted molar refractivity (Wildman–Crippen MR) is 66.3 cm³/mol. The first-order valence-electron chi connectivity index (χ1n) is 4.55. The van der Waals surface area contributed by atoms with E-state index in [1.54, 1.807) is 0 Å². The molecule has 0 atom stereocenters. The van der Waals surface area contributed by atoms with E-state index in [9.17, 15) is 0 Å². The molecule has 0 aliphatic rings. The minimum atomic E-state index is 1.06. The quantitative estimate of drug-likeness (QED) is 0.844. The molecule has 0 aliphatic carbocycles. The number of halogens is 1. The zero-order chi connectivity index (χ0) is 9.84. The maximum absolute atomic E-state index is 3.18. The molecule has 1 N–H and O–H groups in total. The second-order valence-corrected chi connectivity index (χ2v) is 4.62. The van der Waals surface area contributed by atoms with Crippen molar-refractivity contribution in [1.29, 1.82) is 0 Å². The van der Waals surface area contributed by atoms with Crippen LogP contribution in [0.15, 0.2) is 12.1 Å². The van der Waals surface area contributed by atoms with Crippen LogP contribution in [-0.4, -0.2) is 13.6 Å². The molecule has 0 amide bonds. The number of aryl methyl sites for hydroxylation is 2. The molecule has 0 bridgehead atoms. The van der Waals surface area contributed by atoms with E-state index >= 15 is 0 Å². The van der Waals surface area contributed by atoms with E-state index < -0.39 is 0 Å². The molecule has 72 valence electrons. The number of rotatable bonds is 3. The van der Waals surface area contributed by atoms with Crippen LogP contribution in [0.25, 0.3) is 0 Å². The lowest BCUT2D eigenvalue weighted by Gasteiger charge is -2.10. The predicted octanol–water partition coefficient (Wildman–Crippen LogP) is 2.67. The average molecular weight is 289 g/mol. The summed E-state index contributed by atoms with van der Waals surface area (Å²) in [6.07, 6.45) is 1.13. The van der Waals surface area contributed by atoms with E-state index in [4.69, 9.17) is 0 Å². The summed E-state index contributed by atoms with van der Waals surface area (Å²) >= 11 is 2.37. The van der Waals surface area contributed by atoms with Gasteiger partial charge in [-0.1, -0.05) is 0 Å². The fourth-order valence-electron chi connectivity index (χ4n) is 1.58. The van der Waals surface area contributed by atoms with Gasteiger partial charge in [0.2, 0.25) is 0 Å². The Hall–Kier alpha value is -0.0900. The summed E-state index contributed by atoms with van der Waals surface area (Å²) in [4.78, 5) is 0. The second kappa shape index (κ2) is 4.96. The first-order chi connectivity index (χ1) is 6.15. The summed E-state index contributed by atoms with van der Waals surface area (Å²) < 4.78 is 1.33. The summed E-state index contributed by atoms with van der Waals surface area (Å²) in [7, 11) is 2.00. The van der Waals surface area contributed by atoms with Gasteiger partial charge in [-0.25, -0.2) is 0 Å². The smallest absolute Gasteiger partial charge is 0.0135 e. The molecule has 0 unspecified atom stereocenters. The van der Waals surface area contributed by atoms with Crippen LogP contribution in [0.3, 0.4) is 0 Å². The van der Waals surface area contributed by atoms with E-state index in [1.807, 2.05) is 7.05 Å². The number of hydrogen-bond acceptors (Lipinski definition) is 1. The lowest BCUT2D eigenvalue weighted by Crippen LogP contribution is -2.12. The molecule has 0 heterocycles. The van der Waals surface area contributed by atoms with Crippen molar-refractivity contribution in [2.24, 2.45) is 0 Å². The minimum absolute atomic E-state index is 1.06. The van der Waals surface area contributed by atoms with Crippen LogP contribution in [0.5, 0.6) is 0 Å². The maximum Gasteiger partial charge on any atom is 0.0135 e. The monoisotopic (exact) mass is 289 g/mol. The zero-order valence-corrected chi connectivity index (χ0v) is 10.6. The Morgan fingerprint density at radius 3 is 2.23 bits per heavy atom. The van der Waals surface area contributed by atoms with E-state index in [0.717, 1.165) is 13.0 Å². The van der Waals surface area contributed by atoms with E-state index in [1.165, 1.54) is 20.3 Å². The van der Waals surface area contributed by atoms with Gasteiger partial charge in [-0.05, 0) is 85.3 Å². The average Bonchev–Trinajstić information content (AvgIpc) is 2.02. The number of likely N-dealkylation sites (N-methyl/N-ethyl adjacent to an activating group) is 1. The summed E-state index contributed by atoms with van der Waals surface area (Å²) in [5.74, 6) is 0. The molecule has 0 spiro atoms.